The summed E-state index contributed by atoms with van der Waals surface area (Å²) in [7, 11) is -2.84. The van der Waals surface area contributed by atoms with Gasteiger partial charge in [0.2, 0.25) is 10.0 Å². The monoisotopic (exact) mass is 335 g/mol. The number of aromatic nitrogens is 3. The zero-order chi connectivity index (χ0) is 16.5. The molecule has 1 aromatic carbocycles. The van der Waals surface area contributed by atoms with Crippen LogP contribution >= 0.6 is 0 Å². The molecular weight excluding hydrogens is 323 g/mol. The molecule has 7 nitrogen and oxygen atoms in total. The summed E-state index contributed by atoms with van der Waals surface area (Å²) in [4.78, 5) is -0.965. The van der Waals surface area contributed by atoms with Crippen molar-refractivity contribution in [1.29, 1.82) is 0 Å². The van der Waals surface area contributed by atoms with E-state index in [2.05, 4.69) is 15.6 Å². The minimum atomic E-state index is -4.84. The van der Waals surface area contributed by atoms with Crippen molar-refractivity contribution in [3.8, 4) is 0 Å². The molecule has 0 saturated carbocycles. The van der Waals surface area contributed by atoms with Gasteiger partial charge in [-0.1, -0.05) is 5.21 Å². The third-order valence-electron chi connectivity index (χ3n) is 2.87. The van der Waals surface area contributed by atoms with Gasteiger partial charge in [0.05, 0.1) is 28.9 Å². The molecule has 2 rings (SSSR count). The quantitative estimate of drug-likeness (QED) is 0.871. The van der Waals surface area contributed by atoms with E-state index in [1.807, 2.05) is 0 Å². The molecule has 22 heavy (non-hydrogen) atoms. The predicted molar refractivity (Wildman–Crippen MR) is 71.1 cm³/mol. The molecule has 120 valence electrons. The van der Waals surface area contributed by atoms with E-state index in [9.17, 15) is 21.6 Å². The molecular formula is C11H12F3N5O2S. The Kier molecular flexibility index (Phi) is 4.11. The maximum Gasteiger partial charge on any atom is 0.417 e. The van der Waals surface area contributed by atoms with E-state index in [0.29, 0.717) is 11.8 Å². The molecule has 0 atom stereocenters. The van der Waals surface area contributed by atoms with Crippen LogP contribution < -0.4 is 10.5 Å². The first-order chi connectivity index (χ1) is 10.1. The van der Waals surface area contributed by atoms with Gasteiger partial charge in [-0.05, 0) is 18.2 Å². The number of benzene rings is 1. The van der Waals surface area contributed by atoms with Gasteiger partial charge in [0.25, 0.3) is 0 Å². The number of aryl methyl sites for hydroxylation is 1. The SMILES string of the molecule is Cn1nncc1CNc1ccc(S(N)(=O)=O)c(C(F)(F)F)c1. The number of nitrogens with one attached hydrogen (secondary N) is 1. The lowest BCUT2D eigenvalue weighted by Crippen LogP contribution is -2.19. The molecule has 0 unspecified atom stereocenters. The lowest BCUT2D eigenvalue weighted by atomic mass is 10.2. The van der Waals surface area contributed by atoms with Gasteiger partial charge < -0.3 is 5.32 Å². The highest BCUT2D eigenvalue weighted by atomic mass is 32.2. The van der Waals surface area contributed by atoms with Crippen LogP contribution in [0.1, 0.15) is 11.3 Å². The predicted octanol–water partition coefficient (Wildman–Crippen LogP) is 1.09. The van der Waals surface area contributed by atoms with E-state index in [1.165, 1.54) is 16.9 Å². The number of hydrogen-bond acceptors (Lipinski definition) is 5. The van der Waals surface area contributed by atoms with Crippen LogP contribution in [0.15, 0.2) is 29.3 Å². The third-order valence-corrected chi connectivity index (χ3v) is 3.84. The Balaban J connectivity index is 2.33. The van der Waals surface area contributed by atoms with Gasteiger partial charge in [-0.2, -0.15) is 13.2 Å². The minimum Gasteiger partial charge on any atom is -0.379 e. The van der Waals surface area contributed by atoms with Crippen molar-refractivity contribution in [3.05, 3.63) is 35.7 Å². The molecule has 0 radical (unpaired) electrons. The van der Waals surface area contributed by atoms with E-state index >= 15 is 0 Å². The molecule has 2 aromatic rings. The first-order valence-electron chi connectivity index (χ1n) is 5.90. The van der Waals surface area contributed by atoms with Gasteiger partial charge in [-0.15, -0.1) is 5.10 Å². The van der Waals surface area contributed by atoms with Crippen molar-refractivity contribution < 1.29 is 21.6 Å². The summed E-state index contributed by atoms with van der Waals surface area (Å²) >= 11 is 0. The van der Waals surface area contributed by atoms with E-state index in [-0.39, 0.29) is 12.2 Å². The normalized spacial score (nSPS) is 12.4. The van der Waals surface area contributed by atoms with E-state index in [1.54, 1.807) is 7.05 Å². The standard InChI is InChI=1S/C11H12F3N5O2S/c1-19-8(6-17-18-19)5-16-7-2-3-10(22(15,20)21)9(4-7)11(12,13)14/h2-4,6,16H,5H2,1H3,(H2,15,20,21). The second-order valence-electron chi connectivity index (χ2n) is 4.46. The Morgan fingerprint density at radius 3 is 2.55 bits per heavy atom. The van der Waals surface area contributed by atoms with Crippen molar-refractivity contribution in [3.63, 3.8) is 0 Å². The zero-order valence-electron chi connectivity index (χ0n) is 11.3. The molecule has 0 aliphatic heterocycles. The van der Waals surface area contributed by atoms with Gasteiger partial charge in [-0.3, -0.25) is 4.68 Å². The van der Waals surface area contributed by atoms with Crippen molar-refractivity contribution in [2.45, 2.75) is 17.6 Å². The Morgan fingerprint density at radius 2 is 2.05 bits per heavy atom. The highest BCUT2D eigenvalue weighted by Gasteiger charge is 2.36. The lowest BCUT2D eigenvalue weighted by molar-refractivity contribution is -0.139. The van der Waals surface area contributed by atoms with Crippen molar-refractivity contribution in [2.24, 2.45) is 12.2 Å². The summed E-state index contributed by atoms with van der Waals surface area (Å²) in [6, 6.07) is 2.73. The zero-order valence-corrected chi connectivity index (χ0v) is 12.1. The van der Waals surface area contributed by atoms with E-state index < -0.39 is 26.7 Å². The molecule has 1 heterocycles. The minimum absolute atomic E-state index is 0.0981. The lowest BCUT2D eigenvalue weighted by Gasteiger charge is -2.14. The van der Waals surface area contributed by atoms with Crippen LogP contribution in [0.3, 0.4) is 0 Å². The average molecular weight is 335 g/mol. The smallest absolute Gasteiger partial charge is 0.379 e. The van der Waals surface area contributed by atoms with Crippen LogP contribution in [0.4, 0.5) is 18.9 Å². The number of primary sulfonamides is 1. The van der Waals surface area contributed by atoms with Crippen molar-refractivity contribution >= 4 is 15.7 Å². The largest absolute Gasteiger partial charge is 0.417 e. The summed E-state index contributed by atoms with van der Waals surface area (Å²) in [5.41, 5.74) is -0.576. The van der Waals surface area contributed by atoms with Gasteiger partial charge in [-0.25, -0.2) is 13.6 Å². The topological polar surface area (TPSA) is 103 Å². The molecule has 0 saturated heterocycles. The number of sulfonamides is 1. The summed E-state index contributed by atoms with van der Waals surface area (Å²) < 4.78 is 62.8. The second kappa shape index (κ2) is 5.57. The summed E-state index contributed by atoms with van der Waals surface area (Å²) in [6.07, 6.45) is -3.38. The van der Waals surface area contributed by atoms with Crippen LogP contribution in [0, 0.1) is 0 Å². The molecule has 0 amide bonds. The molecule has 0 spiro atoms. The van der Waals surface area contributed by atoms with Crippen LogP contribution in [-0.2, 0) is 29.8 Å². The fourth-order valence-corrected chi connectivity index (χ4v) is 2.51. The molecule has 0 bridgehead atoms. The second-order valence-corrected chi connectivity index (χ2v) is 5.99. The molecule has 0 aliphatic carbocycles. The van der Waals surface area contributed by atoms with Crippen LogP contribution in [0.5, 0.6) is 0 Å². The van der Waals surface area contributed by atoms with Crippen molar-refractivity contribution in [1.82, 2.24) is 15.0 Å². The number of anilines is 1. The molecule has 3 N–H and O–H groups in total. The Morgan fingerprint density at radius 1 is 1.36 bits per heavy atom. The summed E-state index contributed by atoms with van der Waals surface area (Å²) in [5, 5.41) is 14.9. The molecule has 0 fully saturated rings. The Bertz CT molecular complexity index is 785. The number of nitrogens with two attached hydrogens (primary N) is 1. The van der Waals surface area contributed by atoms with Gasteiger partial charge in [0.15, 0.2) is 0 Å². The maximum absolute atomic E-state index is 13.0. The number of halogens is 3. The first kappa shape index (κ1) is 16.2. The number of rotatable bonds is 4. The summed E-state index contributed by atoms with van der Waals surface area (Å²) in [5.74, 6) is 0. The van der Waals surface area contributed by atoms with Gasteiger partial charge >= 0.3 is 6.18 Å². The molecule has 0 aliphatic rings. The van der Waals surface area contributed by atoms with Crippen LogP contribution in [-0.4, -0.2) is 23.4 Å². The summed E-state index contributed by atoms with van der Waals surface area (Å²) in [6.45, 7) is 0.176. The maximum atomic E-state index is 13.0. The Labute approximate surface area is 124 Å². The van der Waals surface area contributed by atoms with E-state index in [0.717, 1.165) is 6.07 Å². The Hall–Kier alpha value is -2.14. The average Bonchev–Trinajstić information content (AvgIpc) is 2.79. The number of nitrogens with zero attached hydrogens (tertiary/aromatic N) is 3. The third kappa shape index (κ3) is 3.54. The van der Waals surface area contributed by atoms with Crippen molar-refractivity contribution in [2.75, 3.05) is 5.32 Å². The van der Waals surface area contributed by atoms with E-state index in [4.69, 9.17) is 5.14 Å². The highest BCUT2D eigenvalue weighted by molar-refractivity contribution is 7.89. The van der Waals surface area contributed by atoms with Crippen LogP contribution in [0.25, 0.3) is 0 Å². The molecule has 1 aromatic heterocycles. The van der Waals surface area contributed by atoms with Crippen LogP contribution in [0.2, 0.25) is 0 Å². The molecule has 11 heteroatoms. The first-order valence-corrected chi connectivity index (χ1v) is 7.45. The van der Waals surface area contributed by atoms with Gasteiger partial charge in [0.1, 0.15) is 0 Å². The number of alkyl halides is 3. The van der Waals surface area contributed by atoms with Gasteiger partial charge in [0, 0.05) is 12.7 Å². The fraction of sp³-hybridized carbons (Fsp3) is 0.273. The number of hydrogen-bond donors (Lipinski definition) is 2. The fourth-order valence-electron chi connectivity index (χ4n) is 1.77. The highest BCUT2D eigenvalue weighted by Crippen LogP contribution is 2.35.